The number of carbonyl (C=O) groups excluding carboxylic acids is 1. The maximum absolute atomic E-state index is 12.6. The van der Waals surface area contributed by atoms with E-state index in [-0.39, 0.29) is 18.0 Å². The van der Waals surface area contributed by atoms with Gasteiger partial charge in [-0.2, -0.15) is 0 Å². The summed E-state index contributed by atoms with van der Waals surface area (Å²) in [5, 5.41) is 7.10. The number of hydrogen-bond donors (Lipinski definition) is 2. The molecule has 3 aromatic rings. The predicted octanol–water partition coefficient (Wildman–Crippen LogP) is 4.76. The Hall–Kier alpha value is -2.77. The van der Waals surface area contributed by atoms with Gasteiger partial charge in [-0.1, -0.05) is 24.3 Å². The van der Waals surface area contributed by atoms with Gasteiger partial charge in [0.15, 0.2) is 5.11 Å². The van der Waals surface area contributed by atoms with Crippen molar-refractivity contribution in [2.24, 2.45) is 0 Å². The van der Waals surface area contributed by atoms with Crippen molar-refractivity contribution in [1.82, 2.24) is 15.2 Å². The van der Waals surface area contributed by atoms with Crippen LogP contribution in [0.15, 0.2) is 60.8 Å². The first-order valence-corrected chi connectivity index (χ1v) is 11.2. The first-order valence-electron chi connectivity index (χ1n) is 9.93. The molecule has 3 heterocycles. The fourth-order valence-electron chi connectivity index (χ4n) is 3.72. The molecule has 0 radical (unpaired) electrons. The van der Waals surface area contributed by atoms with Gasteiger partial charge in [-0.05, 0) is 62.0 Å². The molecule has 1 aliphatic heterocycles. The van der Waals surface area contributed by atoms with E-state index < -0.39 is 0 Å². The molecule has 2 aromatic heterocycles. The standard InChI is InChI=1S/C23H24N4OS2/c1-15-7-3-4-8-17(15)25-20(28)12-14-27-22(19-11-10-16(2)30-19)21(26-23(27)29)18-9-5-6-13-24-18/h3-11,13,21-22H,12,14H2,1-2H3,(H,25,28)(H,26,29)/t21-,22+/m0/s1. The van der Waals surface area contributed by atoms with Crippen LogP contribution < -0.4 is 10.6 Å². The molecule has 7 heteroatoms. The summed E-state index contributed by atoms with van der Waals surface area (Å²) in [4.78, 5) is 21.8. The minimum atomic E-state index is -0.0452. The van der Waals surface area contributed by atoms with Crippen LogP contribution in [0.2, 0.25) is 0 Å². The molecule has 2 atom stereocenters. The Morgan fingerprint density at radius 3 is 2.67 bits per heavy atom. The maximum atomic E-state index is 12.6. The lowest BCUT2D eigenvalue weighted by Gasteiger charge is -2.26. The van der Waals surface area contributed by atoms with Gasteiger partial charge in [0.2, 0.25) is 5.91 Å². The van der Waals surface area contributed by atoms with Gasteiger partial charge in [-0.3, -0.25) is 9.78 Å². The average molecular weight is 437 g/mol. The number of amides is 1. The van der Waals surface area contributed by atoms with Gasteiger partial charge in [-0.25, -0.2) is 0 Å². The molecule has 2 N–H and O–H groups in total. The van der Waals surface area contributed by atoms with E-state index in [1.165, 1.54) is 9.75 Å². The largest absolute Gasteiger partial charge is 0.352 e. The van der Waals surface area contributed by atoms with Gasteiger partial charge in [0.05, 0.1) is 17.8 Å². The number of thiocarbonyl (C=S) groups is 1. The first-order chi connectivity index (χ1) is 14.5. The number of benzene rings is 1. The van der Waals surface area contributed by atoms with Crippen molar-refractivity contribution in [1.29, 1.82) is 0 Å². The Kier molecular flexibility index (Phi) is 6.11. The normalized spacial score (nSPS) is 18.3. The number of thiophene rings is 1. The number of carbonyl (C=O) groups is 1. The number of nitrogens with zero attached hydrogens (tertiary/aromatic N) is 2. The van der Waals surface area contributed by atoms with Gasteiger partial charge in [0, 0.05) is 34.6 Å². The highest BCUT2D eigenvalue weighted by Crippen LogP contribution is 2.41. The van der Waals surface area contributed by atoms with Crippen molar-refractivity contribution in [2.75, 3.05) is 11.9 Å². The van der Waals surface area contributed by atoms with E-state index in [1.807, 2.05) is 49.4 Å². The zero-order chi connectivity index (χ0) is 21.1. The molecular weight excluding hydrogens is 412 g/mol. The summed E-state index contributed by atoms with van der Waals surface area (Å²) in [5.41, 5.74) is 2.84. The second-order valence-corrected chi connectivity index (χ2v) is 9.09. The van der Waals surface area contributed by atoms with Crippen LogP contribution in [-0.4, -0.2) is 27.4 Å². The van der Waals surface area contributed by atoms with Crippen molar-refractivity contribution >= 4 is 40.3 Å². The van der Waals surface area contributed by atoms with Crippen LogP contribution in [0.1, 0.15) is 39.5 Å². The third-order valence-corrected chi connectivity index (χ3v) is 6.67. The molecule has 4 rings (SSSR count). The molecule has 1 aromatic carbocycles. The topological polar surface area (TPSA) is 57.3 Å². The van der Waals surface area contributed by atoms with Gasteiger partial charge < -0.3 is 15.5 Å². The lowest BCUT2D eigenvalue weighted by Crippen LogP contribution is -2.32. The molecule has 30 heavy (non-hydrogen) atoms. The number of anilines is 1. The molecule has 0 aliphatic carbocycles. The van der Waals surface area contributed by atoms with Gasteiger partial charge in [0.25, 0.3) is 0 Å². The fourth-order valence-corrected chi connectivity index (χ4v) is 5.08. The van der Waals surface area contributed by atoms with Crippen molar-refractivity contribution in [2.45, 2.75) is 32.4 Å². The Bertz CT molecular complexity index is 1050. The number of aryl methyl sites for hydroxylation is 2. The lowest BCUT2D eigenvalue weighted by molar-refractivity contribution is -0.116. The molecule has 0 bridgehead atoms. The van der Waals surface area contributed by atoms with E-state index in [9.17, 15) is 4.79 Å². The molecular formula is C23H24N4OS2. The Balaban J connectivity index is 1.52. The number of para-hydroxylation sites is 1. The second-order valence-electron chi connectivity index (χ2n) is 7.38. The number of pyridine rings is 1. The van der Waals surface area contributed by atoms with Crippen molar-refractivity contribution in [3.05, 3.63) is 81.8 Å². The summed E-state index contributed by atoms with van der Waals surface area (Å²) in [6.45, 7) is 4.63. The number of hydrogen-bond acceptors (Lipinski definition) is 4. The summed E-state index contributed by atoms with van der Waals surface area (Å²) >= 11 is 7.42. The monoisotopic (exact) mass is 436 g/mol. The van der Waals surface area contributed by atoms with E-state index in [0.29, 0.717) is 18.1 Å². The number of nitrogens with one attached hydrogen (secondary N) is 2. The van der Waals surface area contributed by atoms with E-state index >= 15 is 0 Å². The summed E-state index contributed by atoms with van der Waals surface area (Å²) in [5.74, 6) is -0.0190. The summed E-state index contributed by atoms with van der Waals surface area (Å²) in [7, 11) is 0. The van der Waals surface area contributed by atoms with Crippen LogP contribution in [-0.2, 0) is 4.79 Å². The molecule has 1 saturated heterocycles. The predicted molar refractivity (Wildman–Crippen MR) is 126 cm³/mol. The second kappa shape index (κ2) is 8.93. The van der Waals surface area contributed by atoms with Crippen molar-refractivity contribution in [3.63, 3.8) is 0 Å². The molecule has 0 unspecified atom stereocenters. The van der Waals surface area contributed by atoms with Crippen LogP contribution >= 0.6 is 23.6 Å². The van der Waals surface area contributed by atoms with Crippen LogP contribution in [0.4, 0.5) is 5.69 Å². The highest BCUT2D eigenvalue weighted by Gasteiger charge is 2.40. The number of rotatable bonds is 6. The summed E-state index contributed by atoms with van der Waals surface area (Å²) < 4.78 is 0. The molecule has 5 nitrogen and oxygen atoms in total. The zero-order valence-electron chi connectivity index (χ0n) is 17.0. The number of aromatic nitrogens is 1. The Morgan fingerprint density at radius 2 is 1.97 bits per heavy atom. The SMILES string of the molecule is Cc1ccc([C@@H]2[C@H](c3ccccn3)NC(=S)N2CCC(=O)Nc2ccccc2C)s1. The third kappa shape index (κ3) is 4.37. The van der Waals surface area contributed by atoms with Gasteiger partial charge in [0.1, 0.15) is 0 Å². The Morgan fingerprint density at radius 1 is 1.17 bits per heavy atom. The quantitative estimate of drug-likeness (QED) is 0.546. The zero-order valence-corrected chi connectivity index (χ0v) is 18.6. The maximum Gasteiger partial charge on any atom is 0.226 e. The van der Waals surface area contributed by atoms with Crippen LogP contribution in [0.3, 0.4) is 0 Å². The Labute approximate surface area is 186 Å². The molecule has 1 fully saturated rings. The molecule has 0 saturated carbocycles. The van der Waals surface area contributed by atoms with E-state index in [1.54, 1.807) is 17.5 Å². The molecule has 1 amide bonds. The van der Waals surface area contributed by atoms with Gasteiger partial charge in [-0.15, -0.1) is 11.3 Å². The van der Waals surface area contributed by atoms with Crippen LogP contribution in [0, 0.1) is 13.8 Å². The third-order valence-electron chi connectivity index (χ3n) is 5.25. The van der Waals surface area contributed by atoms with E-state index in [4.69, 9.17) is 12.2 Å². The highest BCUT2D eigenvalue weighted by molar-refractivity contribution is 7.80. The van der Waals surface area contributed by atoms with Gasteiger partial charge >= 0.3 is 0 Å². The minimum Gasteiger partial charge on any atom is -0.352 e. The van der Waals surface area contributed by atoms with Crippen molar-refractivity contribution < 1.29 is 4.79 Å². The lowest BCUT2D eigenvalue weighted by atomic mass is 10.0. The van der Waals surface area contributed by atoms with Crippen molar-refractivity contribution in [3.8, 4) is 0 Å². The summed E-state index contributed by atoms with van der Waals surface area (Å²) in [6, 6.07) is 18.0. The first kappa shape index (κ1) is 20.5. The summed E-state index contributed by atoms with van der Waals surface area (Å²) in [6.07, 6.45) is 2.15. The van der Waals surface area contributed by atoms with E-state index in [2.05, 4.69) is 39.6 Å². The fraction of sp³-hybridized carbons (Fsp3) is 0.261. The van der Waals surface area contributed by atoms with E-state index in [0.717, 1.165) is 16.9 Å². The average Bonchev–Trinajstić information content (AvgIpc) is 3.31. The van der Waals surface area contributed by atoms with Crippen LogP contribution in [0.25, 0.3) is 0 Å². The van der Waals surface area contributed by atoms with Crippen LogP contribution in [0.5, 0.6) is 0 Å². The molecule has 154 valence electrons. The highest BCUT2D eigenvalue weighted by atomic mass is 32.1. The minimum absolute atomic E-state index is 0.0114. The smallest absolute Gasteiger partial charge is 0.226 e. The molecule has 1 aliphatic rings. The molecule has 0 spiro atoms.